The molecule has 6 heteroatoms. The Balaban J connectivity index is 1.76. The number of carbonyl (C=O) groups excluding carboxylic acids is 2. The SMILES string of the molecule is CCc1cccc(CC)c1NC(=O)C(=O)N/N=C\c1c(OC)ccc2ccccc12. The third-order valence-electron chi connectivity index (χ3n) is 4.95. The number of hydrogen-bond donors (Lipinski definition) is 2. The molecule has 0 spiro atoms. The van der Waals surface area contributed by atoms with Crippen molar-refractivity contribution in [2.45, 2.75) is 26.7 Å². The summed E-state index contributed by atoms with van der Waals surface area (Å²) < 4.78 is 5.41. The third-order valence-corrected chi connectivity index (χ3v) is 4.95. The van der Waals surface area contributed by atoms with Crippen LogP contribution in [0.3, 0.4) is 0 Å². The number of nitrogens with zero attached hydrogens (tertiary/aromatic N) is 1. The van der Waals surface area contributed by atoms with Crippen LogP contribution in [0.1, 0.15) is 30.5 Å². The molecular weight excluding hydrogens is 378 g/mol. The van der Waals surface area contributed by atoms with Crippen molar-refractivity contribution >= 4 is 34.5 Å². The van der Waals surface area contributed by atoms with E-state index in [9.17, 15) is 9.59 Å². The van der Waals surface area contributed by atoms with E-state index in [-0.39, 0.29) is 0 Å². The number of anilines is 1. The van der Waals surface area contributed by atoms with Crippen molar-refractivity contribution in [2.24, 2.45) is 5.10 Å². The second-order valence-corrected chi connectivity index (χ2v) is 6.71. The smallest absolute Gasteiger partial charge is 0.329 e. The number of benzene rings is 3. The molecule has 0 heterocycles. The van der Waals surface area contributed by atoms with E-state index in [0.29, 0.717) is 11.4 Å². The van der Waals surface area contributed by atoms with Gasteiger partial charge >= 0.3 is 11.8 Å². The lowest BCUT2D eigenvalue weighted by Gasteiger charge is -2.13. The van der Waals surface area contributed by atoms with Crippen LogP contribution in [0.5, 0.6) is 5.75 Å². The summed E-state index contributed by atoms with van der Waals surface area (Å²) in [6.45, 7) is 4.01. The number of nitrogens with one attached hydrogen (secondary N) is 2. The van der Waals surface area contributed by atoms with Gasteiger partial charge in [-0.3, -0.25) is 9.59 Å². The normalized spacial score (nSPS) is 10.9. The molecule has 0 saturated carbocycles. The molecule has 0 aliphatic rings. The summed E-state index contributed by atoms with van der Waals surface area (Å²) in [5, 5.41) is 8.67. The number of para-hydroxylation sites is 1. The van der Waals surface area contributed by atoms with E-state index < -0.39 is 11.8 Å². The van der Waals surface area contributed by atoms with Crippen LogP contribution in [-0.2, 0) is 22.4 Å². The van der Waals surface area contributed by atoms with Gasteiger partial charge < -0.3 is 10.1 Å². The van der Waals surface area contributed by atoms with Crippen molar-refractivity contribution in [3.05, 3.63) is 71.3 Å². The van der Waals surface area contributed by atoms with Gasteiger partial charge in [-0.1, -0.05) is 62.4 Å². The lowest BCUT2D eigenvalue weighted by molar-refractivity contribution is -0.136. The molecule has 0 bridgehead atoms. The highest BCUT2D eigenvalue weighted by atomic mass is 16.5. The van der Waals surface area contributed by atoms with Crippen molar-refractivity contribution < 1.29 is 14.3 Å². The first-order valence-corrected chi connectivity index (χ1v) is 9.89. The van der Waals surface area contributed by atoms with Crippen LogP contribution in [0.2, 0.25) is 0 Å². The highest BCUT2D eigenvalue weighted by Crippen LogP contribution is 2.26. The van der Waals surface area contributed by atoms with Crippen LogP contribution in [0, 0.1) is 0 Å². The zero-order chi connectivity index (χ0) is 21.5. The fraction of sp³-hybridized carbons (Fsp3) is 0.208. The highest BCUT2D eigenvalue weighted by molar-refractivity contribution is 6.39. The molecule has 2 N–H and O–H groups in total. The number of carbonyl (C=O) groups is 2. The van der Waals surface area contributed by atoms with Gasteiger partial charge in [-0.15, -0.1) is 0 Å². The van der Waals surface area contributed by atoms with E-state index in [0.717, 1.165) is 40.3 Å². The Morgan fingerprint density at radius 1 is 0.933 bits per heavy atom. The molecule has 154 valence electrons. The number of aryl methyl sites for hydroxylation is 2. The summed E-state index contributed by atoms with van der Waals surface area (Å²) in [7, 11) is 1.57. The molecule has 0 unspecified atom stereocenters. The summed E-state index contributed by atoms with van der Waals surface area (Å²) in [5.74, 6) is -0.966. The van der Waals surface area contributed by atoms with Crippen molar-refractivity contribution in [3.63, 3.8) is 0 Å². The number of rotatable bonds is 6. The van der Waals surface area contributed by atoms with Gasteiger partial charge in [0.1, 0.15) is 5.75 Å². The lowest BCUT2D eigenvalue weighted by Crippen LogP contribution is -2.33. The number of ether oxygens (including phenoxy) is 1. The zero-order valence-corrected chi connectivity index (χ0v) is 17.4. The fourth-order valence-corrected chi connectivity index (χ4v) is 3.37. The molecule has 0 fully saturated rings. The minimum Gasteiger partial charge on any atom is -0.496 e. The number of hydrogen-bond acceptors (Lipinski definition) is 4. The second-order valence-electron chi connectivity index (χ2n) is 6.71. The summed E-state index contributed by atoms with van der Waals surface area (Å²) >= 11 is 0. The molecule has 3 rings (SSSR count). The lowest BCUT2D eigenvalue weighted by atomic mass is 10.0. The number of fused-ring (bicyclic) bond motifs is 1. The summed E-state index contributed by atoms with van der Waals surface area (Å²) in [6, 6.07) is 17.4. The standard InChI is InChI=1S/C24H25N3O3/c1-4-16-10-8-11-17(5-2)22(16)26-23(28)24(29)27-25-15-20-19-12-7-6-9-18(19)13-14-21(20)30-3/h6-15H,4-5H2,1-3H3,(H,26,28)(H,27,29)/b25-15-. The topological polar surface area (TPSA) is 79.8 Å². The van der Waals surface area contributed by atoms with Crippen molar-refractivity contribution in [1.82, 2.24) is 5.43 Å². The molecule has 3 aromatic carbocycles. The Hall–Kier alpha value is -3.67. The van der Waals surface area contributed by atoms with E-state index in [1.165, 1.54) is 6.21 Å². The maximum atomic E-state index is 12.4. The largest absolute Gasteiger partial charge is 0.496 e. The molecular formula is C24H25N3O3. The van der Waals surface area contributed by atoms with Crippen LogP contribution in [0.25, 0.3) is 10.8 Å². The molecule has 0 radical (unpaired) electrons. The second kappa shape index (κ2) is 9.69. The predicted molar refractivity (Wildman–Crippen MR) is 120 cm³/mol. The molecule has 30 heavy (non-hydrogen) atoms. The zero-order valence-electron chi connectivity index (χ0n) is 17.4. The number of amides is 2. The van der Waals surface area contributed by atoms with Gasteiger partial charge in [0, 0.05) is 11.3 Å². The Kier molecular flexibility index (Phi) is 6.80. The summed E-state index contributed by atoms with van der Waals surface area (Å²) in [4.78, 5) is 24.7. The van der Waals surface area contributed by atoms with Gasteiger partial charge in [-0.2, -0.15) is 5.10 Å². The molecule has 6 nitrogen and oxygen atoms in total. The van der Waals surface area contributed by atoms with Crippen molar-refractivity contribution in [3.8, 4) is 5.75 Å². The van der Waals surface area contributed by atoms with E-state index in [1.807, 2.05) is 68.4 Å². The summed E-state index contributed by atoms with van der Waals surface area (Å²) in [6.07, 6.45) is 3.00. The van der Waals surface area contributed by atoms with Crippen LogP contribution < -0.4 is 15.5 Å². The fourth-order valence-electron chi connectivity index (χ4n) is 3.37. The molecule has 0 aliphatic heterocycles. The summed E-state index contributed by atoms with van der Waals surface area (Å²) in [5.41, 5.74) is 5.70. The van der Waals surface area contributed by atoms with Crippen molar-refractivity contribution in [2.75, 3.05) is 12.4 Å². The van der Waals surface area contributed by atoms with E-state index >= 15 is 0 Å². The quantitative estimate of drug-likeness (QED) is 0.370. The van der Waals surface area contributed by atoms with Gasteiger partial charge in [0.15, 0.2) is 0 Å². The van der Waals surface area contributed by atoms with Gasteiger partial charge in [0.2, 0.25) is 0 Å². The molecule has 0 aliphatic carbocycles. The molecule has 0 saturated heterocycles. The molecule has 0 aromatic heterocycles. The molecule has 3 aromatic rings. The minimum absolute atomic E-state index is 0.626. The average molecular weight is 403 g/mol. The average Bonchev–Trinajstić information content (AvgIpc) is 2.78. The van der Waals surface area contributed by atoms with E-state index in [4.69, 9.17) is 4.74 Å². The monoisotopic (exact) mass is 403 g/mol. The van der Waals surface area contributed by atoms with Gasteiger partial charge in [0.25, 0.3) is 0 Å². The van der Waals surface area contributed by atoms with Crippen LogP contribution in [0.4, 0.5) is 5.69 Å². The third kappa shape index (κ3) is 4.49. The van der Waals surface area contributed by atoms with Crippen LogP contribution in [-0.4, -0.2) is 25.1 Å². The Morgan fingerprint density at radius 3 is 2.30 bits per heavy atom. The van der Waals surface area contributed by atoms with Gasteiger partial charge in [0.05, 0.1) is 13.3 Å². The number of methoxy groups -OCH3 is 1. The molecule has 0 atom stereocenters. The minimum atomic E-state index is -0.835. The van der Waals surface area contributed by atoms with Gasteiger partial charge in [-0.25, -0.2) is 5.43 Å². The molecule has 2 amide bonds. The maximum Gasteiger partial charge on any atom is 0.329 e. The first-order valence-electron chi connectivity index (χ1n) is 9.89. The Labute approximate surface area is 175 Å². The Bertz CT molecular complexity index is 1080. The Morgan fingerprint density at radius 2 is 1.63 bits per heavy atom. The van der Waals surface area contributed by atoms with Crippen molar-refractivity contribution in [1.29, 1.82) is 0 Å². The van der Waals surface area contributed by atoms with E-state index in [1.54, 1.807) is 7.11 Å². The highest BCUT2D eigenvalue weighted by Gasteiger charge is 2.16. The first kappa shape index (κ1) is 21.0. The predicted octanol–water partition coefficient (Wildman–Crippen LogP) is 4.06. The maximum absolute atomic E-state index is 12.4. The van der Waals surface area contributed by atoms with Gasteiger partial charge in [-0.05, 0) is 40.8 Å². The van der Waals surface area contributed by atoms with Crippen LogP contribution in [0.15, 0.2) is 59.7 Å². The first-order chi connectivity index (χ1) is 14.6. The number of hydrazone groups is 1. The van der Waals surface area contributed by atoms with Crippen LogP contribution >= 0.6 is 0 Å². The van der Waals surface area contributed by atoms with E-state index in [2.05, 4.69) is 15.8 Å².